The molecule has 1 saturated heterocycles. The lowest BCUT2D eigenvalue weighted by Crippen LogP contribution is -2.36. The molecule has 0 radical (unpaired) electrons. The Balaban J connectivity index is 2.45. The minimum absolute atomic E-state index is 0.123. The third-order valence-electron chi connectivity index (χ3n) is 3.62. The number of likely N-dealkylation sites (N-methyl/N-ethyl adjacent to an activating group) is 1. The van der Waals surface area contributed by atoms with Gasteiger partial charge in [0.25, 0.3) is 0 Å². The molecule has 1 fully saturated rings. The highest BCUT2D eigenvalue weighted by molar-refractivity contribution is 5.77. The molecule has 1 aliphatic heterocycles. The van der Waals surface area contributed by atoms with E-state index in [9.17, 15) is 4.79 Å². The number of amides is 1. The van der Waals surface area contributed by atoms with Gasteiger partial charge in [0.05, 0.1) is 6.54 Å². The highest BCUT2D eigenvalue weighted by Gasteiger charge is 2.36. The zero-order valence-corrected chi connectivity index (χ0v) is 9.76. The first-order chi connectivity index (χ1) is 6.48. The molecule has 82 valence electrons. The van der Waals surface area contributed by atoms with Crippen LogP contribution in [0.1, 0.15) is 27.2 Å². The second-order valence-electron chi connectivity index (χ2n) is 4.94. The van der Waals surface area contributed by atoms with Crippen LogP contribution in [0.4, 0.5) is 0 Å². The molecule has 1 N–H and O–H groups in total. The summed E-state index contributed by atoms with van der Waals surface area (Å²) in [6.07, 6.45) is 1.21. The number of carbonyl (C=O) groups is 1. The van der Waals surface area contributed by atoms with Crippen LogP contribution in [0.3, 0.4) is 0 Å². The van der Waals surface area contributed by atoms with E-state index in [2.05, 4.69) is 31.0 Å². The Bertz CT molecular complexity index is 215. The lowest BCUT2D eigenvalue weighted by atomic mass is 9.78. The Morgan fingerprint density at radius 3 is 2.64 bits per heavy atom. The number of likely N-dealkylation sites (tertiary alicyclic amines) is 1. The number of nitrogens with one attached hydrogen (secondary N) is 1. The molecule has 1 rings (SSSR count). The molecule has 3 nitrogen and oxygen atoms in total. The second-order valence-corrected chi connectivity index (χ2v) is 4.94. The average molecular weight is 198 g/mol. The summed E-state index contributed by atoms with van der Waals surface area (Å²) < 4.78 is 0. The van der Waals surface area contributed by atoms with Crippen molar-refractivity contribution in [3.8, 4) is 0 Å². The molecule has 1 aliphatic rings. The summed E-state index contributed by atoms with van der Waals surface area (Å²) in [6.45, 7) is 9.52. The molecule has 0 bridgehead atoms. The molecule has 0 aromatic carbocycles. The van der Waals surface area contributed by atoms with Gasteiger partial charge >= 0.3 is 0 Å². The number of nitrogens with zero attached hydrogens (tertiary/aromatic N) is 1. The summed E-state index contributed by atoms with van der Waals surface area (Å²) in [5.74, 6) is 0.815. The van der Waals surface area contributed by atoms with E-state index in [-0.39, 0.29) is 5.91 Å². The summed E-state index contributed by atoms with van der Waals surface area (Å²) in [6, 6.07) is 0. The van der Waals surface area contributed by atoms with E-state index in [1.54, 1.807) is 7.05 Å². The fourth-order valence-corrected chi connectivity index (χ4v) is 1.97. The SMILES string of the molecule is CNC(=O)CN1CC[C@](C)(C(C)C)C1. The molecule has 14 heavy (non-hydrogen) atoms. The monoisotopic (exact) mass is 198 g/mol. The van der Waals surface area contributed by atoms with Gasteiger partial charge in [-0.3, -0.25) is 9.69 Å². The molecule has 1 atom stereocenters. The Morgan fingerprint density at radius 2 is 2.21 bits per heavy atom. The van der Waals surface area contributed by atoms with Gasteiger partial charge in [-0.05, 0) is 24.3 Å². The van der Waals surface area contributed by atoms with Crippen molar-refractivity contribution >= 4 is 5.91 Å². The van der Waals surface area contributed by atoms with E-state index < -0.39 is 0 Å². The smallest absolute Gasteiger partial charge is 0.233 e. The minimum Gasteiger partial charge on any atom is -0.358 e. The summed E-state index contributed by atoms with van der Waals surface area (Å²) >= 11 is 0. The first kappa shape index (κ1) is 11.5. The van der Waals surface area contributed by atoms with Crippen LogP contribution in [0.25, 0.3) is 0 Å². The van der Waals surface area contributed by atoms with E-state index in [1.807, 2.05) is 0 Å². The number of rotatable bonds is 3. The number of carbonyl (C=O) groups excluding carboxylic acids is 1. The Kier molecular flexibility index (Phi) is 3.53. The van der Waals surface area contributed by atoms with Gasteiger partial charge in [-0.15, -0.1) is 0 Å². The molecular weight excluding hydrogens is 176 g/mol. The van der Waals surface area contributed by atoms with Crippen LogP contribution in [0.15, 0.2) is 0 Å². The Morgan fingerprint density at radius 1 is 1.57 bits per heavy atom. The van der Waals surface area contributed by atoms with Gasteiger partial charge in [-0.2, -0.15) is 0 Å². The minimum atomic E-state index is 0.123. The predicted octanol–water partition coefficient (Wildman–Crippen LogP) is 1.10. The first-order valence-corrected chi connectivity index (χ1v) is 5.41. The number of hydrogen-bond donors (Lipinski definition) is 1. The van der Waals surface area contributed by atoms with Crippen LogP contribution in [0.5, 0.6) is 0 Å². The molecular formula is C11H22N2O. The van der Waals surface area contributed by atoms with Crippen LogP contribution >= 0.6 is 0 Å². The van der Waals surface area contributed by atoms with Gasteiger partial charge in [0, 0.05) is 13.6 Å². The van der Waals surface area contributed by atoms with Crippen molar-refractivity contribution in [3.63, 3.8) is 0 Å². The molecule has 0 aromatic heterocycles. The van der Waals surface area contributed by atoms with Crippen LogP contribution in [-0.2, 0) is 4.79 Å². The first-order valence-electron chi connectivity index (χ1n) is 5.41. The Hall–Kier alpha value is -0.570. The average Bonchev–Trinajstić information content (AvgIpc) is 2.49. The summed E-state index contributed by atoms with van der Waals surface area (Å²) in [4.78, 5) is 13.4. The van der Waals surface area contributed by atoms with E-state index in [0.717, 1.165) is 13.1 Å². The van der Waals surface area contributed by atoms with Gasteiger partial charge in [0.1, 0.15) is 0 Å². The van der Waals surface area contributed by atoms with Gasteiger partial charge in [-0.25, -0.2) is 0 Å². The zero-order chi connectivity index (χ0) is 10.8. The summed E-state index contributed by atoms with van der Waals surface area (Å²) in [7, 11) is 1.69. The summed E-state index contributed by atoms with van der Waals surface area (Å²) in [5, 5.41) is 2.67. The van der Waals surface area contributed by atoms with Crippen LogP contribution in [0.2, 0.25) is 0 Å². The topological polar surface area (TPSA) is 32.3 Å². The molecule has 0 aromatic rings. The molecule has 0 spiro atoms. The largest absolute Gasteiger partial charge is 0.358 e. The fraction of sp³-hybridized carbons (Fsp3) is 0.909. The van der Waals surface area contributed by atoms with Crippen molar-refractivity contribution in [2.45, 2.75) is 27.2 Å². The zero-order valence-electron chi connectivity index (χ0n) is 9.76. The molecule has 0 saturated carbocycles. The van der Waals surface area contributed by atoms with E-state index in [0.29, 0.717) is 17.9 Å². The Labute approximate surface area is 86.9 Å². The van der Waals surface area contributed by atoms with Crippen molar-refractivity contribution in [1.82, 2.24) is 10.2 Å². The molecule has 0 unspecified atom stereocenters. The fourth-order valence-electron chi connectivity index (χ4n) is 1.97. The summed E-state index contributed by atoms with van der Waals surface area (Å²) in [5.41, 5.74) is 0.397. The maximum absolute atomic E-state index is 11.2. The van der Waals surface area contributed by atoms with Crippen LogP contribution < -0.4 is 5.32 Å². The highest BCUT2D eigenvalue weighted by atomic mass is 16.1. The second kappa shape index (κ2) is 4.30. The maximum Gasteiger partial charge on any atom is 0.233 e. The van der Waals surface area contributed by atoms with Crippen LogP contribution in [-0.4, -0.2) is 37.5 Å². The van der Waals surface area contributed by atoms with Crippen molar-refractivity contribution in [3.05, 3.63) is 0 Å². The van der Waals surface area contributed by atoms with Crippen LogP contribution in [0, 0.1) is 11.3 Å². The van der Waals surface area contributed by atoms with E-state index in [1.165, 1.54) is 6.42 Å². The van der Waals surface area contributed by atoms with Crippen molar-refractivity contribution in [2.75, 3.05) is 26.7 Å². The lowest BCUT2D eigenvalue weighted by molar-refractivity contribution is -0.121. The standard InChI is InChI=1S/C11H22N2O/c1-9(2)11(3)5-6-13(8-11)7-10(14)12-4/h9H,5-8H2,1-4H3,(H,12,14)/t11-/m0/s1. The van der Waals surface area contributed by atoms with Gasteiger partial charge in [0.2, 0.25) is 5.91 Å². The molecule has 1 amide bonds. The maximum atomic E-state index is 11.2. The normalized spacial score (nSPS) is 28.4. The van der Waals surface area contributed by atoms with E-state index in [4.69, 9.17) is 0 Å². The van der Waals surface area contributed by atoms with Gasteiger partial charge < -0.3 is 5.32 Å². The number of hydrogen-bond acceptors (Lipinski definition) is 2. The van der Waals surface area contributed by atoms with Crippen molar-refractivity contribution < 1.29 is 4.79 Å². The molecule has 0 aliphatic carbocycles. The molecule has 1 heterocycles. The highest BCUT2D eigenvalue weighted by Crippen LogP contribution is 2.36. The predicted molar refractivity (Wildman–Crippen MR) is 58.1 cm³/mol. The van der Waals surface area contributed by atoms with Gasteiger partial charge in [-0.1, -0.05) is 20.8 Å². The third kappa shape index (κ3) is 2.47. The quantitative estimate of drug-likeness (QED) is 0.736. The molecule has 3 heteroatoms. The van der Waals surface area contributed by atoms with Gasteiger partial charge in [0.15, 0.2) is 0 Å². The lowest BCUT2D eigenvalue weighted by Gasteiger charge is -2.28. The van der Waals surface area contributed by atoms with Crippen molar-refractivity contribution in [1.29, 1.82) is 0 Å². The third-order valence-corrected chi connectivity index (χ3v) is 3.62. The van der Waals surface area contributed by atoms with Crippen molar-refractivity contribution in [2.24, 2.45) is 11.3 Å². The van der Waals surface area contributed by atoms with E-state index >= 15 is 0 Å².